The molecule has 0 aliphatic rings. The molecule has 0 aliphatic carbocycles. The smallest absolute Gasteiger partial charge is 0.319 e. The van der Waals surface area contributed by atoms with Gasteiger partial charge in [-0.3, -0.25) is 4.79 Å². The maximum absolute atomic E-state index is 11.7. The van der Waals surface area contributed by atoms with Crippen molar-refractivity contribution in [2.75, 3.05) is 18.8 Å². The van der Waals surface area contributed by atoms with Crippen molar-refractivity contribution in [2.45, 2.75) is 17.7 Å². The molecule has 0 unspecified atom stereocenters. The molecule has 9 heteroatoms. The van der Waals surface area contributed by atoms with E-state index < -0.39 is 21.6 Å². The first-order chi connectivity index (χ1) is 14.6. The summed E-state index contributed by atoms with van der Waals surface area (Å²) < 4.78 is 23.5. The van der Waals surface area contributed by atoms with Gasteiger partial charge >= 0.3 is 5.97 Å². The van der Waals surface area contributed by atoms with E-state index in [-0.39, 0.29) is 4.90 Å². The Labute approximate surface area is 183 Å². The van der Waals surface area contributed by atoms with Crippen LogP contribution in [-0.4, -0.2) is 38.3 Å². The predicted octanol–water partition coefficient (Wildman–Crippen LogP) is 1.55. The molecular weight excluding hydrogens is 416 g/mol. The Morgan fingerprint density at radius 2 is 1.35 bits per heavy atom. The molecule has 0 amide bonds. The van der Waals surface area contributed by atoms with Crippen molar-refractivity contribution in [3.63, 3.8) is 0 Å². The van der Waals surface area contributed by atoms with Gasteiger partial charge in [0.15, 0.2) is 15.6 Å². The molecule has 0 radical (unpaired) electrons. The number of carbonyl (C=O) groups is 1. The molecule has 0 aliphatic heterocycles. The Kier molecular flexibility index (Phi) is 10.7. The van der Waals surface area contributed by atoms with E-state index in [0.717, 1.165) is 30.6 Å². The molecular formula is C22H30N4O4S. The number of aliphatic carboxylic acids is 1. The number of nitrogens with two attached hydrogens (primary N) is 2. The van der Waals surface area contributed by atoms with E-state index >= 15 is 0 Å². The monoisotopic (exact) mass is 446 g/mol. The first-order valence-corrected chi connectivity index (χ1v) is 11.2. The molecule has 0 saturated carbocycles. The average molecular weight is 447 g/mol. The lowest BCUT2D eigenvalue weighted by Gasteiger charge is -2.06. The van der Waals surface area contributed by atoms with E-state index in [1.165, 1.54) is 12.1 Å². The largest absolute Gasteiger partial charge is 0.480 e. The van der Waals surface area contributed by atoms with Crippen LogP contribution in [0.5, 0.6) is 0 Å². The minimum Gasteiger partial charge on any atom is -0.480 e. The van der Waals surface area contributed by atoms with Gasteiger partial charge in [-0.2, -0.15) is 0 Å². The SMILES string of the molecule is C=C(N)NCCCNC(=C)N.O=C(O)CS(=O)(=O)c1ccc(Cc2ccccc2)cc1. The number of hydrogen-bond acceptors (Lipinski definition) is 7. The van der Waals surface area contributed by atoms with Crippen LogP contribution in [0.15, 0.2) is 84.3 Å². The first-order valence-electron chi connectivity index (χ1n) is 9.54. The molecule has 8 nitrogen and oxygen atoms in total. The molecule has 0 aromatic heterocycles. The number of benzene rings is 2. The summed E-state index contributed by atoms with van der Waals surface area (Å²) in [6.07, 6.45) is 1.65. The van der Waals surface area contributed by atoms with Crippen molar-refractivity contribution < 1.29 is 18.3 Å². The number of carboxylic acids is 1. The molecule has 168 valence electrons. The maximum Gasteiger partial charge on any atom is 0.319 e. The Bertz CT molecular complexity index is 943. The van der Waals surface area contributed by atoms with Crippen LogP contribution in [0.3, 0.4) is 0 Å². The number of carboxylic acid groups (broad SMARTS) is 1. The zero-order valence-corrected chi connectivity index (χ0v) is 18.2. The highest BCUT2D eigenvalue weighted by Crippen LogP contribution is 2.15. The van der Waals surface area contributed by atoms with E-state index in [1.807, 2.05) is 30.3 Å². The molecule has 0 spiro atoms. The van der Waals surface area contributed by atoms with Gasteiger partial charge in [0.2, 0.25) is 0 Å². The summed E-state index contributed by atoms with van der Waals surface area (Å²) in [6.45, 7) is 8.59. The molecule has 0 atom stereocenters. The van der Waals surface area contributed by atoms with E-state index in [4.69, 9.17) is 16.6 Å². The zero-order chi connectivity index (χ0) is 23.3. The molecule has 2 aromatic rings. The van der Waals surface area contributed by atoms with Crippen molar-refractivity contribution in [2.24, 2.45) is 11.5 Å². The fourth-order valence-corrected chi connectivity index (χ4v) is 3.52. The van der Waals surface area contributed by atoms with Crippen molar-refractivity contribution in [1.82, 2.24) is 10.6 Å². The molecule has 0 bridgehead atoms. The Morgan fingerprint density at radius 1 is 0.871 bits per heavy atom. The van der Waals surface area contributed by atoms with Crippen LogP contribution in [0, 0.1) is 0 Å². The summed E-state index contributed by atoms with van der Waals surface area (Å²) in [4.78, 5) is 10.6. The van der Waals surface area contributed by atoms with E-state index in [0.29, 0.717) is 18.1 Å². The number of sulfone groups is 1. The van der Waals surface area contributed by atoms with Gasteiger partial charge in [0.05, 0.1) is 16.5 Å². The number of nitrogens with one attached hydrogen (secondary N) is 2. The van der Waals surface area contributed by atoms with Crippen LogP contribution in [0.2, 0.25) is 0 Å². The van der Waals surface area contributed by atoms with Crippen molar-refractivity contribution in [3.8, 4) is 0 Å². The Morgan fingerprint density at radius 3 is 1.81 bits per heavy atom. The normalized spacial score (nSPS) is 10.3. The minimum atomic E-state index is -3.75. The minimum absolute atomic E-state index is 0.0386. The average Bonchev–Trinajstić information content (AvgIpc) is 2.68. The molecule has 31 heavy (non-hydrogen) atoms. The number of hydrogen-bond donors (Lipinski definition) is 5. The molecule has 0 saturated heterocycles. The van der Waals surface area contributed by atoms with Gasteiger partial charge in [-0.05, 0) is 36.1 Å². The van der Waals surface area contributed by atoms with Crippen LogP contribution in [0.1, 0.15) is 17.5 Å². The predicted molar refractivity (Wildman–Crippen MR) is 123 cm³/mol. The second kappa shape index (κ2) is 13.0. The Balaban J connectivity index is 0.000000373. The van der Waals surface area contributed by atoms with Gasteiger partial charge < -0.3 is 27.2 Å². The summed E-state index contributed by atoms with van der Waals surface area (Å²) in [5.74, 6) is -1.24. The maximum atomic E-state index is 11.7. The van der Waals surface area contributed by atoms with Crippen LogP contribution < -0.4 is 22.1 Å². The van der Waals surface area contributed by atoms with Gasteiger partial charge in [0.25, 0.3) is 0 Å². The fraction of sp³-hybridized carbons (Fsp3) is 0.227. The van der Waals surface area contributed by atoms with Crippen LogP contribution in [-0.2, 0) is 21.1 Å². The summed E-state index contributed by atoms with van der Waals surface area (Å²) in [5.41, 5.74) is 12.6. The third kappa shape index (κ3) is 11.3. The fourth-order valence-electron chi connectivity index (χ4n) is 2.48. The summed E-state index contributed by atoms with van der Waals surface area (Å²) in [6, 6.07) is 16.1. The summed E-state index contributed by atoms with van der Waals surface area (Å²) in [5, 5.41) is 14.4. The van der Waals surface area contributed by atoms with E-state index in [1.54, 1.807) is 12.1 Å². The van der Waals surface area contributed by atoms with Crippen molar-refractivity contribution in [1.29, 1.82) is 0 Å². The van der Waals surface area contributed by atoms with Gasteiger partial charge in [-0.15, -0.1) is 0 Å². The standard InChI is InChI=1S/C15H14O4S.C7H16N4/c16-15(17)11-20(18,19)14-8-6-13(7-9-14)10-12-4-2-1-3-5-12;1-6(8)10-4-3-5-11-7(2)9/h1-9H,10-11H2,(H,16,17);10-11H,1-5,8-9H2. The second-order valence-electron chi connectivity index (χ2n) is 6.72. The third-order valence-electron chi connectivity index (χ3n) is 3.90. The van der Waals surface area contributed by atoms with Crippen LogP contribution in [0.25, 0.3) is 0 Å². The van der Waals surface area contributed by atoms with Gasteiger partial charge in [0.1, 0.15) is 0 Å². The van der Waals surface area contributed by atoms with Crippen molar-refractivity contribution in [3.05, 3.63) is 90.5 Å². The first kappa shape index (κ1) is 25.6. The lowest BCUT2D eigenvalue weighted by molar-refractivity contribution is -0.134. The zero-order valence-electron chi connectivity index (χ0n) is 17.4. The summed E-state index contributed by atoms with van der Waals surface area (Å²) in [7, 11) is -3.75. The highest BCUT2D eigenvalue weighted by Gasteiger charge is 2.18. The van der Waals surface area contributed by atoms with Crippen molar-refractivity contribution >= 4 is 15.8 Å². The quantitative estimate of drug-likeness (QED) is 0.327. The van der Waals surface area contributed by atoms with Gasteiger partial charge in [0, 0.05) is 13.1 Å². The van der Waals surface area contributed by atoms with Gasteiger partial charge in [-0.25, -0.2) is 8.42 Å². The highest BCUT2D eigenvalue weighted by atomic mass is 32.2. The highest BCUT2D eigenvalue weighted by molar-refractivity contribution is 7.92. The van der Waals surface area contributed by atoms with E-state index in [9.17, 15) is 13.2 Å². The lowest BCUT2D eigenvalue weighted by atomic mass is 10.1. The van der Waals surface area contributed by atoms with E-state index in [2.05, 4.69) is 23.8 Å². The topological polar surface area (TPSA) is 148 Å². The Hall–Kier alpha value is -3.46. The van der Waals surface area contributed by atoms with Crippen LogP contribution >= 0.6 is 0 Å². The lowest BCUT2D eigenvalue weighted by Crippen LogP contribution is -2.25. The molecule has 7 N–H and O–H groups in total. The third-order valence-corrected chi connectivity index (χ3v) is 5.52. The molecule has 0 fully saturated rings. The molecule has 0 heterocycles. The van der Waals surface area contributed by atoms with Gasteiger partial charge in [-0.1, -0.05) is 55.6 Å². The summed E-state index contributed by atoms with van der Waals surface area (Å²) >= 11 is 0. The molecule has 2 aromatic carbocycles. The number of rotatable bonds is 11. The molecule has 2 rings (SSSR count). The second-order valence-corrected chi connectivity index (χ2v) is 8.71. The van der Waals surface area contributed by atoms with Crippen LogP contribution in [0.4, 0.5) is 0 Å².